The lowest BCUT2D eigenvalue weighted by atomic mass is 10.0. The van der Waals surface area contributed by atoms with Crippen LogP contribution in [0.1, 0.15) is 54.2 Å². The summed E-state index contributed by atoms with van der Waals surface area (Å²) in [5.41, 5.74) is -2.50. The topological polar surface area (TPSA) is 150 Å². The number of aryl methyl sites for hydroxylation is 1. The van der Waals surface area contributed by atoms with E-state index in [1.54, 1.807) is 14.0 Å². The largest absolute Gasteiger partial charge is 0.400 e. The number of hydrogen-bond acceptors (Lipinski definition) is 9. The van der Waals surface area contributed by atoms with Gasteiger partial charge in [-0.2, -0.15) is 5.26 Å². The first-order valence-electron chi connectivity index (χ1n) is 12.3. The number of H-pyrrole nitrogens is 1. The van der Waals surface area contributed by atoms with Crippen LogP contribution in [0.2, 0.25) is 0 Å². The fourth-order valence-corrected chi connectivity index (χ4v) is 6.11. The number of ether oxygens (including phenoxy) is 1. The molecule has 0 aromatic carbocycles. The highest BCUT2D eigenvalue weighted by atomic mass is 31.2. The number of aromatic amines is 1. The molecule has 0 radical (unpaired) electrons. The second-order valence-electron chi connectivity index (χ2n) is 8.86. The lowest BCUT2D eigenvalue weighted by molar-refractivity contribution is -0.171. The highest BCUT2D eigenvalue weighted by molar-refractivity contribution is 7.44. The molecule has 13 heteroatoms. The van der Waals surface area contributed by atoms with Crippen LogP contribution in [-0.2, 0) is 18.6 Å². The van der Waals surface area contributed by atoms with Gasteiger partial charge in [-0.1, -0.05) is 0 Å². The van der Waals surface area contributed by atoms with Crippen LogP contribution in [0.5, 0.6) is 0 Å². The maximum Gasteiger partial charge on any atom is 0.330 e. The van der Waals surface area contributed by atoms with Gasteiger partial charge in [-0.3, -0.25) is 19.1 Å². The minimum absolute atomic E-state index is 0.0359. The van der Waals surface area contributed by atoms with E-state index < -0.39 is 56.6 Å². The fourth-order valence-electron chi connectivity index (χ4n) is 4.31. The Morgan fingerprint density at radius 3 is 2.60 bits per heavy atom. The maximum absolute atomic E-state index is 13.2. The molecule has 2 fully saturated rings. The third kappa shape index (κ3) is 5.50. The third-order valence-electron chi connectivity index (χ3n) is 5.81. The molecule has 2 aliphatic rings. The predicted octanol–water partition coefficient (Wildman–Crippen LogP) is 1.24. The molecule has 1 unspecified atom stereocenters. The average Bonchev–Trinajstić information content (AvgIpc) is 3.24. The molecule has 2 saturated heterocycles. The lowest BCUT2D eigenvalue weighted by Gasteiger charge is -2.37. The number of amides is 1. The van der Waals surface area contributed by atoms with Crippen molar-refractivity contribution in [1.82, 2.24) is 19.1 Å². The zero-order valence-corrected chi connectivity index (χ0v) is 22.1. The first-order chi connectivity index (χ1) is 17.4. The number of fused-ring (bicyclic) bond motifs is 2. The predicted molar refractivity (Wildman–Crippen MR) is 129 cm³/mol. The number of nitrogens with one attached hydrogen (secondary N) is 1. The Kier molecular flexibility index (Phi) is 8.70. The monoisotopic (exact) mass is 516 g/mol. The number of morpholine rings is 1. The summed E-state index contributed by atoms with van der Waals surface area (Å²) in [5, 5.41) is 12.5. The van der Waals surface area contributed by atoms with Crippen LogP contribution in [0.4, 0.5) is 0 Å². The number of hydrogen-bond donors (Lipinski definition) is 2. The Balaban J connectivity index is 0.00000153. The Bertz CT molecular complexity index is 1090. The van der Waals surface area contributed by atoms with Crippen LogP contribution in [0.15, 0.2) is 15.8 Å². The zero-order chi connectivity index (χ0) is 28.1. The normalized spacial score (nSPS) is 27.1. The van der Waals surface area contributed by atoms with Gasteiger partial charge in [0.1, 0.15) is 12.1 Å². The van der Waals surface area contributed by atoms with E-state index in [-0.39, 0.29) is 25.1 Å². The number of likely N-dealkylation sites (tertiary alicyclic amines) is 1. The molecule has 3 heterocycles. The molecule has 196 valence electrons. The van der Waals surface area contributed by atoms with Crippen LogP contribution in [0.25, 0.3) is 0 Å². The van der Waals surface area contributed by atoms with E-state index >= 15 is 0 Å². The van der Waals surface area contributed by atoms with Crippen LogP contribution in [0, 0.1) is 18.3 Å². The summed E-state index contributed by atoms with van der Waals surface area (Å²) >= 11 is 0. The quantitative estimate of drug-likeness (QED) is 0.365. The second kappa shape index (κ2) is 11.7. The molecule has 5 atom stereocenters. The number of nitrogens with zero attached hydrogens (tertiary/aromatic N) is 4. The van der Waals surface area contributed by atoms with Crippen molar-refractivity contribution in [2.75, 3.05) is 20.8 Å². The third-order valence-corrected chi connectivity index (χ3v) is 7.92. The first-order valence-corrected chi connectivity index (χ1v) is 12.3. The van der Waals surface area contributed by atoms with Gasteiger partial charge in [0.15, 0.2) is 11.8 Å². The van der Waals surface area contributed by atoms with Crippen molar-refractivity contribution in [3.8, 4) is 6.07 Å². The molecule has 2 aliphatic heterocycles. The van der Waals surface area contributed by atoms with Gasteiger partial charge in [-0.25, -0.2) is 9.46 Å². The van der Waals surface area contributed by atoms with Crippen LogP contribution < -0.4 is 11.2 Å². The standard InChI is InChI=1S/C21H32N5O6P.CH4O/c1-12(2)26(13(3)4)33(30-10-8-9-22)32-16-15-18(31-21(16,6)19(28)24(15)7)25-11-14(5)17(27)23-20(25)29;1-2/h11-13,15-16,18H,8,10H2,1-7H3,(H,23,27,29);2H,1H3/t15-,16+,18-,21-,33?;/m1./s1/i6D;2T. The van der Waals surface area contributed by atoms with E-state index in [0.717, 1.165) is 0 Å². The number of likely N-dealkylation sites (N-methyl/N-ethyl adjacent to an activating group) is 1. The van der Waals surface area contributed by atoms with Crippen molar-refractivity contribution in [3.63, 3.8) is 0 Å². The van der Waals surface area contributed by atoms with Gasteiger partial charge in [0, 0.05) is 39.4 Å². The summed E-state index contributed by atoms with van der Waals surface area (Å²) in [6.07, 6.45) is -0.294. The molecule has 0 spiro atoms. The van der Waals surface area contributed by atoms with Gasteiger partial charge < -0.3 is 23.8 Å². The van der Waals surface area contributed by atoms with E-state index in [0.29, 0.717) is 5.56 Å². The SMILES string of the molecule is [2H]C[C@@]12O[C@@H](n3cc(C)c(=O)[nH]c3=O)[C@@H]([C@@H]1OP(OCCC#N)N(C(C)C)C(C)C)N(C)C2=O.[3H]OC. The Hall–Kier alpha value is -2.13. The van der Waals surface area contributed by atoms with Crippen molar-refractivity contribution in [2.45, 2.75) is 84.0 Å². The maximum atomic E-state index is 13.2. The van der Waals surface area contributed by atoms with E-state index in [1.807, 2.05) is 38.4 Å². The Labute approximate surface area is 209 Å². The summed E-state index contributed by atoms with van der Waals surface area (Å²) in [6.45, 7) is 9.27. The summed E-state index contributed by atoms with van der Waals surface area (Å²) in [4.78, 5) is 41.3. The van der Waals surface area contributed by atoms with Gasteiger partial charge in [0.05, 0.1) is 19.1 Å². The van der Waals surface area contributed by atoms with E-state index in [4.69, 9.17) is 21.8 Å². The number of rotatable bonds is 9. The molecule has 1 aromatic rings. The Morgan fingerprint density at radius 1 is 1.43 bits per heavy atom. The number of aromatic nitrogens is 2. The number of carbonyl (C=O) groups excluding carboxylic acids is 1. The average molecular weight is 517 g/mol. The highest BCUT2D eigenvalue weighted by Crippen LogP contribution is 2.55. The second-order valence-corrected chi connectivity index (χ2v) is 10.3. The van der Waals surface area contributed by atoms with Crippen molar-refractivity contribution < 1.29 is 25.1 Å². The van der Waals surface area contributed by atoms with Gasteiger partial charge in [0.2, 0.25) is 1.43 Å². The zero-order valence-electron chi connectivity index (χ0n) is 23.2. The molecule has 0 aliphatic carbocycles. The van der Waals surface area contributed by atoms with E-state index in [9.17, 15) is 14.4 Å². The van der Waals surface area contributed by atoms with Crippen molar-refractivity contribution in [3.05, 3.63) is 32.6 Å². The summed E-state index contributed by atoms with van der Waals surface area (Å²) in [5.74, 6) is -0.407. The molecule has 12 nitrogen and oxygen atoms in total. The number of nitriles is 1. The molecule has 1 amide bonds. The molecule has 0 saturated carbocycles. The molecule has 3 rings (SSSR count). The number of aliphatic hydroxyl groups is 1. The van der Waals surface area contributed by atoms with Crippen LogP contribution in [0.3, 0.4) is 0 Å². The molecule has 2 bridgehead atoms. The Morgan fingerprint density at radius 2 is 2.06 bits per heavy atom. The van der Waals surface area contributed by atoms with E-state index in [1.165, 1.54) is 22.8 Å². The van der Waals surface area contributed by atoms with Crippen LogP contribution in [-0.4, -0.2) is 82.2 Å². The van der Waals surface area contributed by atoms with E-state index in [2.05, 4.69) is 10.1 Å². The molecular formula is C22H36N5O7P. The van der Waals surface area contributed by atoms with Crippen molar-refractivity contribution >= 4 is 14.4 Å². The number of aliphatic hydroxyl groups excluding tert-OH is 1. The molecular weight excluding hydrogens is 477 g/mol. The summed E-state index contributed by atoms with van der Waals surface area (Å²) in [6, 6.07) is 1.39. The fraction of sp³-hybridized carbons (Fsp3) is 0.727. The van der Waals surface area contributed by atoms with Crippen molar-refractivity contribution in [2.24, 2.45) is 0 Å². The van der Waals surface area contributed by atoms with Gasteiger partial charge in [-0.15, -0.1) is 0 Å². The molecule has 35 heavy (non-hydrogen) atoms. The highest BCUT2D eigenvalue weighted by Gasteiger charge is 2.68. The minimum atomic E-state index is -1.73. The molecule has 2 N–H and O–H groups in total. The first kappa shape index (κ1) is 25.9. The minimum Gasteiger partial charge on any atom is -0.400 e. The van der Waals surface area contributed by atoms with Gasteiger partial charge in [-0.05, 0) is 41.5 Å². The number of carbonyl (C=O) groups is 1. The summed E-state index contributed by atoms with van der Waals surface area (Å²) < 4.78 is 35.8. The smallest absolute Gasteiger partial charge is 0.330 e. The van der Waals surface area contributed by atoms with Gasteiger partial charge in [0.25, 0.3) is 20.0 Å². The summed E-state index contributed by atoms with van der Waals surface area (Å²) in [7, 11) is 1.15. The van der Waals surface area contributed by atoms with Gasteiger partial charge >= 0.3 is 5.69 Å². The molecule has 1 aromatic heterocycles. The lowest BCUT2D eigenvalue weighted by Crippen LogP contribution is -2.49. The van der Waals surface area contributed by atoms with Crippen LogP contribution >= 0.6 is 8.53 Å². The van der Waals surface area contributed by atoms with Crippen molar-refractivity contribution in [1.29, 1.82) is 6.69 Å².